The summed E-state index contributed by atoms with van der Waals surface area (Å²) in [7, 11) is 1.50. The van der Waals surface area contributed by atoms with E-state index in [2.05, 4.69) is 10.2 Å². The maximum atomic E-state index is 14.0. The third kappa shape index (κ3) is 3.72. The molecule has 1 aliphatic rings. The lowest BCUT2D eigenvalue weighted by molar-refractivity contribution is -0.140. The summed E-state index contributed by atoms with van der Waals surface area (Å²) >= 11 is 0. The Hall–Kier alpha value is -3.36. The van der Waals surface area contributed by atoms with Gasteiger partial charge in [0.2, 0.25) is 0 Å². The summed E-state index contributed by atoms with van der Waals surface area (Å²) in [5.41, 5.74) is 0.576. The molecule has 32 heavy (non-hydrogen) atoms. The number of H-pyrrole nitrogens is 1. The van der Waals surface area contributed by atoms with E-state index in [1.165, 1.54) is 18.1 Å². The van der Waals surface area contributed by atoms with Crippen LogP contribution in [-0.4, -0.2) is 23.2 Å². The van der Waals surface area contributed by atoms with Crippen molar-refractivity contribution in [2.24, 2.45) is 5.92 Å². The number of rotatable bonds is 5. The molecular weight excluding hydrogens is 426 g/mol. The largest absolute Gasteiger partial charge is 0.497 e. The van der Waals surface area contributed by atoms with Gasteiger partial charge < -0.3 is 4.74 Å². The smallest absolute Gasteiger partial charge is 0.419 e. The van der Waals surface area contributed by atoms with Crippen molar-refractivity contribution in [2.45, 2.75) is 32.5 Å². The van der Waals surface area contributed by atoms with Crippen LogP contribution >= 0.6 is 0 Å². The van der Waals surface area contributed by atoms with Crippen LogP contribution < -0.4 is 9.64 Å². The minimum atomic E-state index is -4.87. The minimum Gasteiger partial charge on any atom is -0.497 e. The highest BCUT2D eigenvalue weighted by molar-refractivity contribution is 6.10. The van der Waals surface area contributed by atoms with Crippen molar-refractivity contribution in [1.29, 1.82) is 0 Å². The zero-order chi connectivity index (χ0) is 23.2. The Balaban J connectivity index is 1.91. The highest BCUT2D eigenvalue weighted by Gasteiger charge is 2.44. The van der Waals surface area contributed by atoms with Crippen LogP contribution in [0.4, 0.5) is 23.2 Å². The number of hydrogen-bond acceptors (Lipinski definition) is 3. The monoisotopic (exact) mass is 447 g/mol. The van der Waals surface area contributed by atoms with E-state index in [0.717, 1.165) is 12.1 Å². The van der Waals surface area contributed by atoms with Crippen molar-refractivity contribution >= 4 is 11.6 Å². The normalized spacial score (nSPS) is 16.1. The van der Waals surface area contributed by atoms with Crippen molar-refractivity contribution in [2.75, 3.05) is 12.0 Å². The average Bonchev–Trinajstić information content (AvgIpc) is 3.26. The highest BCUT2D eigenvalue weighted by atomic mass is 19.4. The Bertz CT molecular complexity index is 1150. The fraction of sp³-hybridized carbons (Fsp3) is 0.304. The van der Waals surface area contributed by atoms with E-state index >= 15 is 0 Å². The molecule has 168 valence electrons. The third-order valence-corrected chi connectivity index (χ3v) is 5.41. The number of halogens is 4. The van der Waals surface area contributed by atoms with E-state index in [4.69, 9.17) is 4.74 Å². The van der Waals surface area contributed by atoms with Crippen LogP contribution in [0.25, 0.3) is 0 Å². The van der Waals surface area contributed by atoms with Crippen molar-refractivity contribution in [3.05, 3.63) is 76.4 Å². The maximum absolute atomic E-state index is 14.0. The van der Waals surface area contributed by atoms with Crippen LogP contribution in [-0.2, 0) is 12.6 Å². The van der Waals surface area contributed by atoms with Gasteiger partial charge in [-0.2, -0.15) is 18.3 Å². The lowest BCUT2D eigenvalue weighted by atomic mass is 9.94. The fourth-order valence-corrected chi connectivity index (χ4v) is 4.01. The highest BCUT2D eigenvalue weighted by Crippen LogP contribution is 2.44. The molecule has 2 aromatic carbocycles. The summed E-state index contributed by atoms with van der Waals surface area (Å²) in [6.45, 7) is 3.96. The molecule has 1 aliphatic heterocycles. The number of nitrogens with zero attached hydrogens (tertiary/aromatic N) is 2. The molecule has 0 radical (unpaired) electrons. The Morgan fingerprint density at radius 3 is 2.44 bits per heavy atom. The Labute approximate surface area is 182 Å². The number of fused-ring (bicyclic) bond motifs is 1. The summed E-state index contributed by atoms with van der Waals surface area (Å²) in [6.07, 6.45) is -4.34. The van der Waals surface area contributed by atoms with Crippen molar-refractivity contribution in [3.8, 4) is 5.75 Å². The van der Waals surface area contributed by atoms with E-state index in [0.29, 0.717) is 29.1 Å². The molecule has 5 nitrogen and oxygen atoms in total. The first kappa shape index (κ1) is 21.9. The molecule has 0 saturated carbocycles. The number of aromatic amines is 1. The van der Waals surface area contributed by atoms with Gasteiger partial charge in [0.15, 0.2) is 0 Å². The number of methoxy groups -OCH3 is 1. The molecule has 2 heterocycles. The molecular formula is C23H21F4N3O2. The number of carbonyl (C=O) groups excluding carboxylic acids is 1. The first-order valence-corrected chi connectivity index (χ1v) is 10.0. The molecule has 0 aliphatic carbocycles. The lowest BCUT2D eigenvalue weighted by Gasteiger charge is -2.27. The molecule has 1 atom stereocenters. The van der Waals surface area contributed by atoms with Crippen molar-refractivity contribution < 1.29 is 27.1 Å². The topological polar surface area (TPSA) is 58.2 Å². The van der Waals surface area contributed by atoms with Crippen molar-refractivity contribution in [1.82, 2.24) is 10.2 Å². The fourth-order valence-electron chi connectivity index (χ4n) is 4.01. The number of benzene rings is 2. The van der Waals surface area contributed by atoms with Gasteiger partial charge >= 0.3 is 6.18 Å². The molecule has 9 heteroatoms. The quantitative estimate of drug-likeness (QED) is 0.524. The first-order valence-electron chi connectivity index (χ1n) is 10.0. The molecule has 4 rings (SSSR count). The number of anilines is 1. The van der Waals surface area contributed by atoms with Crippen LogP contribution in [0.3, 0.4) is 0 Å². The molecule has 1 aromatic heterocycles. The van der Waals surface area contributed by atoms with Crippen LogP contribution in [0.5, 0.6) is 5.75 Å². The third-order valence-electron chi connectivity index (χ3n) is 5.41. The summed E-state index contributed by atoms with van der Waals surface area (Å²) < 4.78 is 59.4. The first-order chi connectivity index (χ1) is 15.1. The van der Waals surface area contributed by atoms with E-state index in [9.17, 15) is 22.4 Å². The Morgan fingerprint density at radius 1 is 1.16 bits per heavy atom. The summed E-state index contributed by atoms with van der Waals surface area (Å²) in [5, 5.41) is 7.02. The van der Waals surface area contributed by atoms with Gasteiger partial charge in [0.25, 0.3) is 5.91 Å². The van der Waals surface area contributed by atoms with Gasteiger partial charge in [0.1, 0.15) is 17.3 Å². The summed E-state index contributed by atoms with van der Waals surface area (Å²) in [5.74, 6) is -1.02. The van der Waals surface area contributed by atoms with Gasteiger partial charge in [-0.1, -0.05) is 19.9 Å². The molecule has 0 fully saturated rings. The van der Waals surface area contributed by atoms with E-state index in [-0.39, 0.29) is 17.2 Å². The lowest BCUT2D eigenvalue weighted by Crippen LogP contribution is -2.29. The summed E-state index contributed by atoms with van der Waals surface area (Å²) in [6, 6.07) is 8.57. The maximum Gasteiger partial charge on any atom is 0.419 e. The zero-order valence-corrected chi connectivity index (χ0v) is 17.6. The van der Waals surface area contributed by atoms with Crippen molar-refractivity contribution in [3.63, 3.8) is 0 Å². The van der Waals surface area contributed by atoms with Gasteiger partial charge in [-0.25, -0.2) is 4.39 Å². The van der Waals surface area contributed by atoms with Gasteiger partial charge in [-0.15, -0.1) is 0 Å². The van der Waals surface area contributed by atoms with Crippen LogP contribution in [0.15, 0.2) is 42.5 Å². The standard InChI is InChI=1S/C23H21F4N3O2/c1-12(2)10-18-19-20(29-28-18)22(31)30(14-5-7-15(32-3)8-6-14)21(19)13-4-9-17(24)16(11-13)23(25,26)27/h4-9,11-12,21H,10H2,1-3H3,(H,28,29). The number of ether oxygens (including phenoxy) is 1. The SMILES string of the molecule is COc1ccc(N2C(=O)c3[nH]nc(CC(C)C)c3C2c2ccc(F)c(C(F)(F)F)c2)cc1. The number of hydrogen-bond donors (Lipinski definition) is 1. The molecule has 0 saturated heterocycles. The van der Waals surface area contributed by atoms with E-state index in [1.807, 2.05) is 13.8 Å². The number of alkyl halides is 3. The molecule has 0 bridgehead atoms. The second-order valence-electron chi connectivity index (χ2n) is 8.07. The number of nitrogens with one attached hydrogen (secondary N) is 1. The number of amides is 1. The van der Waals surface area contributed by atoms with E-state index in [1.54, 1.807) is 24.3 Å². The van der Waals surface area contributed by atoms with Crippen LogP contribution in [0.1, 0.15) is 52.8 Å². The predicted molar refractivity (Wildman–Crippen MR) is 110 cm³/mol. The van der Waals surface area contributed by atoms with Crippen LogP contribution in [0.2, 0.25) is 0 Å². The average molecular weight is 447 g/mol. The molecule has 1 N–H and O–H groups in total. The van der Waals surface area contributed by atoms with Gasteiger partial charge in [0, 0.05) is 11.3 Å². The Kier molecular flexibility index (Phi) is 5.44. The Morgan fingerprint density at radius 2 is 1.84 bits per heavy atom. The second kappa shape index (κ2) is 7.96. The van der Waals surface area contributed by atoms with Gasteiger partial charge in [-0.3, -0.25) is 14.8 Å². The molecule has 1 amide bonds. The van der Waals surface area contributed by atoms with Gasteiger partial charge in [-0.05, 0) is 54.3 Å². The molecule has 0 spiro atoms. The number of carbonyl (C=O) groups is 1. The number of aromatic nitrogens is 2. The minimum absolute atomic E-state index is 0.146. The summed E-state index contributed by atoms with van der Waals surface area (Å²) in [4.78, 5) is 14.7. The van der Waals surface area contributed by atoms with E-state index < -0.39 is 29.5 Å². The molecule has 3 aromatic rings. The molecule has 1 unspecified atom stereocenters. The van der Waals surface area contributed by atoms with Gasteiger partial charge in [0.05, 0.1) is 24.4 Å². The zero-order valence-electron chi connectivity index (χ0n) is 17.6. The predicted octanol–water partition coefficient (Wildman–Crippen LogP) is 5.52. The second-order valence-corrected chi connectivity index (χ2v) is 8.07. The van der Waals surface area contributed by atoms with Crippen LogP contribution in [0, 0.1) is 11.7 Å².